The number of rotatable bonds is 4. The van der Waals surface area contributed by atoms with E-state index in [0.717, 1.165) is 25.7 Å². The summed E-state index contributed by atoms with van der Waals surface area (Å²) in [6, 6.07) is 0.193. The predicted molar refractivity (Wildman–Crippen MR) is 58.6 cm³/mol. The maximum absolute atomic E-state index is 10.8. The molecule has 0 atom stereocenters. The average Bonchev–Trinajstić information content (AvgIpc) is 2.26. The first-order chi connectivity index (χ1) is 7.22. The fraction of sp³-hybridized carbons (Fsp3) is 0.900. The van der Waals surface area contributed by atoms with Gasteiger partial charge in [-0.1, -0.05) is 0 Å². The van der Waals surface area contributed by atoms with Gasteiger partial charge in [-0.05, 0) is 25.7 Å². The van der Waals surface area contributed by atoms with Crippen LogP contribution in [0.15, 0.2) is 0 Å². The lowest BCUT2D eigenvalue weighted by atomic mass is 9.94. The van der Waals surface area contributed by atoms with Gasteiger partial charge in [0.05, 0.1) is 12.7 Å². The van der Waals surface area contributed by atoms with Crippen LogP contribution in [0, 0.1) is 0 Å². The summed E-state index contributed by atoms with van der Waals surface area (Å²) in [7, 11) is 1.60. The second kappa shape index (κ2) is 6.63. The summed E-state index contributed by atoms with van der Waals surface area (Å²) in [6.45, 7) is 1.13. The largest absolute Gasteiger partial charge is 0.376 e. The summed E-state index contributed by atoms with van der Waals surface area (Å²) in [5, 5.41) is 5.17. The van der Waals surface area contributed by atoms with E-state index < -0.39 is 0 Å². The van der Waals surface area contributed by atoms with Crippen molar-refractivity contribution in [3.8, 4) is 0 Å². The Bertz CT molecular complexity index is 191. The molecule has 0 radical (unpaired) electrons. The first kappa shape index (κ1) is 12.3. The number of ether oxygens (including phenoxy) is 1. The molecule has 0 aromatic heterocycles. The molecule has 5 nitrogen and oxygen atoms in total. The minimum absolute atomic E-state index is 0.163. The molecular weight excluding hydrogens is 194 g/mol. The zero-order valence-electron chi connectivity index (χ0n) is 9.29. The Hall–Kier alpha value is -0.810. The molecule has 0 spiro atoms. The van der Waals surface area contributed by atoms with Crippen LogP contribution in [0.25, 0.3) is 0 Å². The molecular formula is C10H21N3O2. The lowest BCUT2D eigenvalue weighted by Crippen LogP contribution is -2.36. The van der Waals surface area contributed by atoms with Crippen molar-refractivity contribution in [1.29, 1.82) is 0 Å². The van der Waals surface area contributed by atoms with E-state index in [1.807, 2.05) is 0 Å². The molecule has 1 rings (SSSR count). The average molecular weight is 215 g/mol. The molecule has 0 aromatic carbocycles. The van der Waals surface area contributed by atoms with Crippen molar-refractivity contribution in [3.05, 3.63) is 0 Å². The third-order valence-corrected chi connectivity index (χ3v) is 2.69. The predicted octanol–water partition coefficient (Wildman–Crippen LogP) is 0.202. The van der Waals surface area contributed by atoms with Gasteiger partial charge in [0.1, 0.15) is 0 Å². The van der Waals surface area contributed by atoms with Gasteiger partial charge in [0, 0.05) is 19.6 Å². The van der Waals surface area contributed by atoms with Crippen LogP contribution in [0.4, 0.5) is 4.79 Å². The van der Waals surface area contributed by atoms with Gasteiger partial charge in [-0.25, -0.2) is 4.79 Å². The molecule has 1 aliphatic rings. The molecule has 88 valence electrons. The molecule has 4 N–H and O–H groups in total. The second-order valence-electron chi connectivity index (χ2n) is 3.91. The molecule has 0 aliphatic heterocycles. The Balaban J connectivity index is 1.98. The van der Waals surface area contributed by atoms with Crippen molar-refractivity contribution in [2.45, 2.75) is 37.8 Å². The summed E-state index contributed by atoms with van der Waals surface area (Å²) in [5.74, 6) is 0. The van der Waals surface area contributed by atoms with E-state index in [9.17, 15) is 4.79 Å². The van der Waals surface area contributed by atoms with Gasteiger partial charge in [0.15, 0.2) is 0 Å². The van der Waals surface area contributed by atoms with Gasteiger partial charge in [-0.2, -0.15) is 0 Å². The molecule has 1 fully saturated rings. The number of nitrogens with one attached hydrogen (secondary N) is 2. The van der Waals surface area contributed by atoms with Crippen molar-refractivity contribution < 1.29 is 9.53 Å². The highest BCUT2D eigenvalue weighted by Gasteiger charge is 2.18. The topological polar surface area (TPSA) is 76.4 Å². The fourth-order valence-corrected chi connectivity index (χ4v) is 1.73. The van der Waals surface area contributed by atoms with Crippen LogP contribution in [0.1, 0.15) is 25.7 Å². The summed E-state index contributed by atoms with van der Waals surface area (Å²) in [6.07, 6.45) is 4.51. The van der Waals surface area contributed by atoms with Crippen LogP contribution in [0.3, 0.4) is 0 Å². The first-order valence-electron chi connectivity index (χ1n) is 5.55. The normalized spacial score (nSPS) is 26.0. The minimum atomic E-state index is -0.163. The van der Waals surface area contributed by atoms with Crippen molar-refractivity contribution in [2.24, 2.45) is 5.73 Å². The van der Waals surface area contributed by atoms with Gasteiger partial charge in [-0.15, -0.1) is 0 Å². The van der Waals surface area contributed by atoms with Gasteiger partial charge in [-0.3, -0.25) is 0 Å². The second-order valence-corrected chi connectivity index (χ2v) is 3.91. The Morgan fingerprint density at radius 1 is 1.40 bits per heavy atom. The number of carbonyl (C=O) groups is 1. The first-order valence-corrected chi connectivity index (χ1v) is 5.55. The standard InChI is InChI=1S/C10H21N3O2/c1-12-10(14)13-6-7-15-9-4-2-8(11)3-5-9/h8-9H,2-7,11H2,1H3,(H2,12,13,14). The number of nitrogens with two attached hydrogens (primary N) is 1. The van der Waals surface area contributed by atoms with E-state index in [2.05, 4.69) is 10.6 Å². The van der Waals surface area contributed by atoms with E-state index in [0.29, 0.717) is 25.3 Å². The number of carbonyl (C=O) groups excluding carboxylic acids is 1. The fourth-order valence-electron chi connectivity index (χ4n) is 1.73. The minimum Gasteiger partial charge on any atom is -0.376 e. The summed E-state index contributed by atoms with van der Waals surface area (Å²) in [5.41, 5.74) is 5.79. The van der Waals surface area contributed by atoms with Crippen molar-refractivity contribution in [2.75, 3.05) is 20.2 Å². The number of hydrogen-bond acceptors (Lipinski definition) is 3. The van der Waals surface area contributed by atoms with E-state index in [-0.39, 0.29) is 6.03 Å². The van der Waals surface area contributed by atoms with Gasteiger partial charge < -0.3 is 21.1 Å². The molecule has 5 heteroatoms. The van der Waals surface area contributed by atoms with Crippen molar-refractivity contribution in [1.82, 2.24) is 10.6 Å². The molecule has 0 bridgehead atoms. The zero-order valence-corrected chi connectivity index (χ0v) is 9.29. The van der Waals surface area contributed by atoms with Crippen LogP contribution in [-0.2, 0) is 4.74 Å². The summed E-state index contributed by atoms with van der Waals surface area (Å²) < 4.78 is 5.63. The molecule has 1 saturated carbocycles. The smallest absolute Gasteiger partial charge is 0.314 e. The third kappa shape index (κ3) is 4.99. The maximum atomic E-state index is 10.8. The molecule has 0 aromatic rings. The van der Waals surface area contributed by atoms with E-state index in [1.165, 1.54) is 0 Å². The van der Waals surface area contributed by atoms with Gasteiger partial charge in [0.2, 0.25) is 0 Å². The van der Waals surface area contributed by atoms with Crippen molar-refractivity contribution in [3.63, 3.8) is 0 Å². The number of urea groups is 1. The highest BCUT2D eigenvalue weighted by molar-refractivity contribution is 5.73. The van der Waals surface area contributed by atoms with Crippen molar-refractivity contribution >= 4 is 6.03 Å². The third-order valence-electron chi connectivity index (χ3n) is 2.69. The van der Waals surface area contributed by atoms with E-state index in [4.69, 9.17) is 10.5 Å². The Morgan fingerprint density at radius 3 is 2.67 bits per heavy atom. The van der Waals surface area contributed by atoms with Crippen LogP contribution in [0.5, 0.6) is 0 Å². The highest BCUT2D eigenvalue weighted by Crippen LogP contribution is 2.19. The van der Waals surface area contributed by atoms with Crippen LogP contribution in [0.2, 0.25) is 0 Å². The van der Waals surface area contributed by atoms with E-state index >= 15 is 0 Å². The number of amides is 2. The van der Waals surface area contributed by atoms with Crippen LogP contribution < -0.4 is 16.4 Å². The van der Waals surface area contributed by atoms with Gasteiger partial charge in [0.25, 0.3) is 0 Å². The lowest BCUT2D eigenvalue weighted by Gasteiger charge is -2.26. The zero-order chi connectivity index (χ0) is 11.1. The molecule has 0 saturated heterocycles. The summed E-state index contributed by atoms with van der Waals surface area (Å²) >= 11 is 0. The Kier molecular flexibility index (Phi) is 5.42. The van der Waals surface area contributed by atoms with Crippen LogP contribution >= 0.6 is 0 Å². The molecule has 1 aliphatic carbocycles. The van der Waals surface area contributed by atoms with Crippen LogP contribution in [-0.4, -0.2) is 38.4 Å². The molecule has 0 unspecified atom stereocenters. The molecule has 2 amide bonds. The lowest BCUT2D eigenvalue weighted by molar-refractivity contribution is 0.0278. The molecule has 0 heterocycles. The highest BCUT2D eigenvalue weighted by atomic mass is 16.5. The Morgan fingerprint density at radius 2 is 2.07 bits per heavy atom. The quantitative estimate of drug-likeness (QED) is 0.586. The number of hydrogen-bond donors (Lipinski definition) is 3. The van der Waals surface area contributed by atoms with Gasteiger partial charge >= 0.3 is 6.03 Å². The molecule has 15 heavy (non-hydrogen) atoms. The maximum Gasteiger partial charge on any atom is 0.314 e. The summed E-state index contributed by atoms with van der Waals surface area (Å²) in [4.78, 5) is 10.8. The SMILES string of the molecule is CNC(=O)NCCOC1CCC(N)CC1. The van der Waals surface area contributed by atoms with E-state index in [1.54, 1.807) is 7.05 Å². The Labute approximate surface area is 90.7 Å². The monoisotopic (exact) mass is 215 g/mol.